The first-order valence-electron chi connectivity index (χ1n) is 10.8. The van der Waals surface area contributed by atoms with E-state index >= 15 is 0 Å². The highest BCUT2D eigenvalue weighted by atomic mass is 14.3. The Kier molecular flexibility index (Phi) is 7.03. The van der Waals surface area contributed by atoms with Gasteiger partial charge in [-0.15, -0.1) is 0 Å². The lowest BCUT2D eigenvalue weighted by atomic mass is 9.69. The highest BCUT2D eigenvalue weighted by molar-refractivity contribution is 5.27. The lowest BCUT2D eigenvalue weighted by molar-refractivity contribution is 0.154. The first-order chi connectivity index (χ1) is 12.3. The van der Waals surface area contributed by atoms with Gasteiger partial charge >= 0.3 is 0 Å². The van der Waals surface area contributed by atoms with Gasteiger partial charge in [-0.25, -0.2) is 0 Å². The van der Waals surface area contributed by atoms with Crippen molar-refractivity contribution in [3.63, 3.8) is 0 Å². The molecule has 0 bridgehead atoms. The fourth-order valence-electron chi connectivity index (χ4n) is 5.16. The van der Waals surface area contributed by atoms with E-state index < -0.39 is 0 Å². The smallest absolute Gasteiger partial charge is 0.0424 e. The van der Waals surface area contributed by atoms with E-state index in [-0.39, 0.29) is 0 Å². The minimum absolute atomic E-state index is 0.368. The summed E-state index contributed by atoms with van der Waals surface area (Å²) in [5.74, 6) is 11.3. The highest BCUT2D eigenvalue weighted by Crippen LogP contribution is 2.42. The molecule has 1 aromatic rings. The molecule has 1 atom stereocenters. The maximum absolute atomic E-state index is 3.62. The van der Waals surface area contributed by atoms with E-state index in [0.29, 0.717) is 11.8 Å². The van der Waals surface area contributed by atoms with Crippen molar-refractivity contribution in [1.82, 2.24) is 0 Å². The highest BCUT2D eigenvalue weighted by Gasteiger charge is 2.30. The second-order valence-corrected chi connectivity index (χ2v) is 8.60. The third-order valence-electron chi connectivity index (χ3n) is 6.83. The molecule has 0 saturated heterocycles. The zero-order valence-corrected chi connectivity index (χ0v) is 16.3. The van der Waals surface area contributed by atoms with Gasteiger partial charge in [0.1, 0.15) is 0 Å². The fraction of sp³-hybridized carbons (Fsp3) is 0.680. The van der Waals surface area contributed by atoms with Crippen molar-refractivity contribution in [2.75, 3.05) is 0 Å². The van der Waals surface area contributed by atoms with Gasteiger partial charge in [-0.2, -0.15) is 0 Å². The Balaban J connectivity index is 1.43. The topological polar surface area (TPSA) is 0 Å². The lowest BCUT2D eigenvalue weighted by Crippen LogP contribution is -2.25. The summed E-state index contributed by atoms with van der Waals surface area (Å²) in [6.07, 6.45) is 14.4. The van der Waals surface area contributed by atoms with Crippen LogP contribution in [0.4, 0.5) is 0 Å². The molecule has 0 nitrogen and oxygen atoms in total. The summed E-state index contributed by atoms with van der Waals surface area (Å²) in [5.41, 5.74) is 1.35. The Morgan fingerprint density at radius 3 is 2.08 bits per heavy atom. The average molecular weight is 337 g/mol. The van der Waals surface area contributed by atoms with E-state index in [9.17, 15) is 0 Å². The van der Waals surface area contributed by atoms with Gasteiger partial charge in [0.15, 0.2) is 0 Å². The summed E-state index contributed by atoms with van der Waals surface area (Å²) in [4.78, 5) is 0. The van der Waals surface area contributed by atoms with Crippen LogP contribution in [0.15, 0.2) is 30.3 Å². The molecule has 2 saturated carbocycles. The molecule has 25 heavy (non-hydrogen) atoms. The average Bonchev–Trinajstić information content (AvgIpc) is 2.68. The Labute approximate surface area is 155 Å². The van der Waals surface area contributed by atoms with Gasteiger partial charge in [-0.1, -0.05) is 74.8 Å². The summed E-state index contributed by atoms with van der Waals surface area (Å²) in [6.45, 7) is 4.58. The predicted molar refractivity (Wildman–Crippen MR) is 108 cm³/mol. The van der Waals surface area contributed by atoms with Crippen LogP contribution in [-0.2, 0) is 0 Å². The molecule has 0 amide bonds. The summed E-state index contributed by atoms with van der Waals surface area (Å²) >= 11 is 0. The Morgan fingerprint density at radius 1 is 0.880 bits per heavy atom. The molecular weight excluding hydrogens is 300 g/mol. The van der Waals surface area contributed by atoms with Crippen LogP contribution in [0, 0.1) is 35.5 Å². The summed E-state index contributed by atoms with van der Waals surface area (Å²) in [6, 6.07) is 10.7. The number of hydrogen-bond acceptors (Lipinski definition) is 0. The van der Waals surface area contributed by atoms with E-state index in [0.717, 1.165) is 17.8 Å². The number of hydrogen-bond donors (Lipinski definition) is 0. The molecule has 0 aliphatic heterocycles. The molecule has 2 aliphatic rings. The second-order valence-electron chi connectivity index (χ2n) is 8.60. The van der Waals surface area contributed by atoms with E-state index in [1.54, 1.807) is 0 Å². The second kappa shape index (κ2) is 9.47. The monoisotopic (exact) mass is 336 g/mol. The summed E-state index contributed by atoms with van der Waals surface area (Å²) in [5, 5.41) is 0. The van der Waals surface area contributed by atoms with Crippen molar-refractivity contribution < 1.29 is 0 Å². The van der Waals surface area contributed by atoms with Gasteiger partial charge < -0.3 is 0 Å². The van der Waals surface area contributed by atoms with Crippen LogP contribution in [0.25, 0.3) is 0 Å². The van der Waals surface area contributed by atoms with Crippen LogP contribution in [0.5, 0.6) is 0 Å². The maximum Gasteiger partial charge on any atom is 0.0424 e. The largest absolute Gasteiger partial charge is 0.0993 e. The van der Waals surface area contributed by atoms with Crippen LogP contribution < -0.4 is 0 Å². The molecule has 0 heteroatoms. The quantitative estimate of drug-likeness (QED) is 0.510. The zero-order valence-electron chi connectivity index (χ0n) is 16.3. The molecule has 1 aromatic carbocycles. The van der Waals surface area contributed by atoms with E-state index in [4.69, 9.17) is 0 Å². The standard InChI is InChI=1S/C25H36/c1-3-7-21-12-16-24(17-13-21)25-18-14-22(15-19-25)11-10-20(2)23-8-5-4-6-9-23/h4-6,8-9,20-22,24-25H,3,7,12-19H2,1-2H3/t20?,21-,22?,24-,25?. The molecular formula is C25H36. The van der Waals surface area contributed by atoms with Crippen molar-refractivity contribution in [2.45, 2.75) is 84.0 Å². The Bertz CT molecular complexity index is 545. The van der Waals surface area contributed by atoms with Gasteiger partial charge in [0.05, 0.1) is 0 Å². The Hall–Kier alpha value is -1.22. The molecule has 0 N–H and O–H groups in total. The van der Waals surface area contributed by atoms with Crippen molar-refractivity contribution in [3.05, 3.63) is 35.9 Å². The van der Waals surface area contributed by atoms with Crippen molar-refractivity contribution in [1.29, 1.82) is 0 Å². The molecule has 2 aliphatic carbocycles. The third kappa shape index (κ3) is 5.37. The fourth-order valence-corrected chi connectivity index (χ4v) is 5.16. The molecule has 0 radical (unpaired) electrons. The summed E-state index contributed by atoms with van der Waals surface area (Å²) < 4.78 is 0. The third-order valence-corrected chi connectivity index (χ3v) is 6.83. The molecule has 0 heterocycles. The molecule has 3 rings (SSSR count). The number of benzene rings is 1. The normalized spacial score (nSPS) is 31.0. The molecule has 1 unspecified atom stereocenters. The minimum Gasteiger partial charge on any atom is -0.0993 e. The first kappa shape index (κ1) is 18.6. The van der Waals surface area contributed by atoms with E-state index in [1.807, 2.05) is 0 Å². The molecule has 0 spiro atoms. The van der Waals surface area contributed by atoms with Gasteiger partial charge in [0.25, 0.3) is 0 Å². The van der Waals surface area contributed by atoms with Crippen LogP contribution in [0.2, 0.25) is 0 Å². The van der Waals surface area contributed by atoms with Crippen LogP contribution >= 0.6 is 0 Å². The van der Waals surface area contributed by atoms with Gasteiger partial charge in [-0.05, 0) is 68.8 Å². The van der Waals surface area contributed by atoms with Gasteiger partial charge in [0.2, 0.25) is 0 Å². The van der Waals surface area contributed by atoms with Crippen molar-refractivity contribution in [2.24, 2.45) is 23.7 Å². The SMILES string of the molecule is CCC[C@H]1CC[C@H](C2CCC(C#CC(C)c3ccccc3)CC2)CC1. The zero-order chi connectivity index (χ0) is 17.5. The first-order valence-corrected chi connectivity index (χ1v) is 10.8. The van der Waals surface area contributed by atoms with Gasteiger partial charge in [0, 0.05) is 11.8 Å². The van der Waals surface area contributed by atoms with Crippen LogP contribution in [-0.4, -0.2) is 0 Å². The van der Waals surface area contributed by atoms with Crippen LogP contribution in [0.1, 0.15) is 89.5 Å². The Morgan fingerprint density at radius 2 is 1.48 bits per heavy atom. The number of rotatable bonds is 4. The molecule has 136 valence electrons. The maximum atomic E-state index is 3.62. The summed E-state index contributed by atoms with van der Waals surface area (Å²) in [7, 11) is 0. The minimum atomic E-state index is 0.368. The van der Waals surface area contributed by atoms with Gasteiger partial charge in [-0.3, -0.25) is 0 Å². The molecule has 0 aromatic heterocycles. The lowest BCUT2D eigenvalue weighted by Gasteiger charge is -2.37. The van der Waals surface area contributed by atoms with Crippen molar-refractivity contribution in [3.8, 4) is 11.8 Å². The van der Waals surface area contributed by atoms with E-state index in [2.05, 4.69) is 56.0 Å². The van der Waals surface area contributed by atoms with Crippen LogP contribution in [0.3, 0.4) is 0 Å². The molecule has 2 fully saturated rings. The predicted octanol–water partition coefficient (Wildman–Crippen LogP) is 7.21. The van der Waals surface area contributed by atoms with Crippen molar-refractivity contribution >= 4 is 0 Å². The van der Waals surface area contributed by atoms with E-state index in [1.165, 1.54) is 69.8 Å².